The largest absolute Gasteiger partial charge is 0.385 e. The fourth-order valence-corrected chi connectivity index (χ4v) is 4.86. The molecule has 2 heteroatoms. The molecule has 4 atom stereocenters. The minimum Gasteiger partial charge on any atom is -0.385 e. The molecule has 2 aliphatic rings. The number of hydrogen-bond acceptors (Lipinski definition) is 2. The van der Waals surface area contributed by atoms with Gasteiger partial charge in [-0.15, -0.1) is 0 Å². The summed E-state index contributed by atoms with van der Waals surface area (Å²) in [4.78, 5) is 0. The van der Waals surface area contributed by atoms with E-state index in [4.69, 9.17) is 0 Å². The third-order valence-corrected chi connectivity index (χ3v) is 6.22. The van der Waals surface area contributed by atoms with E-state index in [0.717, 1.165) is 43.2 Å². The molecule has 2 aliphatic carbocycles. The lowest BCUT2D eigenvalue weighted by molar-refractivity contribution is -0.155. The summed E-state index contributed by atoms with van der Waals surface area (Å²) in [6.07, 6.45) is 4.11. The Kier molecular flexibility index (Phi) is 3.55. The molecule has 2 saturated carbocycles. The number of benzene rings is 2. The number of hydrogen-bond donors (Lipinski definition) is 2. The first-order valence-electron chi connectivity index (χ1n) is 8.69. The highest BCUT2D eigenvalue weighted by Crippen LogP contribution is 2.56. The average molecular weight is 308 g/mol. The summed E-state index contributed by atoms with van der Waals surface area (Å²) in [6, 6.07) is 20.2. The molecule has 2 bridgehead atoms. The van der Waals surface area contributed by atoms with E-state index in [9.17, 15) is 10.2 Å². The summed E-state index contributed by atoms with van der Waals surface area (Å²) in [7, 11) is 0. The lowest BCUT2D eigenvalue weighted by Gasteiger charge is -2.53. The second kappa shape index (κ2) is 5.47. The van der Waals surface area contributed by atoms with E-state index >= 15 is 0 Å². The van der Waals surface area contributed by atoms with Gasteiger partial charge in [-0.25, -0.2) is 0 Å². The molecule has 0 amide bonds. The lowest BCUT2D eigenvalue weighted by Crippen LogP contribution is -2.50. The number of rotatable bonds is 2. The zero-order valence-corrected chi connectivity index (χ0v) is 13.4. The molecule has 2 N–H and O–H groups in total. The van der Waals surface area contributed by atoms with Crippen molar-refractivity contribution in [2.75, 3.05) is 0 Å². The molecule has 4 rings (SSSR count). The fourth-order valence-electron chi connectivity index (χ4n) is 4.86. The summed E-state index contributed by atoms with van der Waals surface area (Å²) >= 11 is 0. The average Bonchev–Trinajstić information content (AvgIpc) is 2.62. The molecule has 2 aromatic carbocycles. The van der Waals surface area contributed by atoms with E-state index in [-0.39, 0.29) is 11.8 Å². The van der Waals surface area contributed by atoms with Crippen molar-refractivity contribution in [3.63, 3.8) is 0 Å². The molecule has 0 unspecified atom stereocenters. The quantitative estimate of drug-likeness (QED) is 0.881. The zero-order chi connectivity index (χ0) is 15.9. The van der Waals surface area contributed by atoms with Gasteiger partial charge in [-0.1, -0.05) is 60.7 Å². The first-order valence-corrected chi connectivity index (χ1v) is 8.69. The smallest absolute Gasteiger partial charge is 0.0924 e. The van der Waals surface area contributed by atoms with Gasteiger partial charge in [-0.2, -0.15) is 0 Å². The topological polar surface area (TPSA) is 40.5 Å². The van der Waals surface area contributed by atoms with Crippen molar-refractivity contribution < 1.29 is 10.2 Å². The van der Waals surface area contributed by atoms with Crippen LogP contribution in [0.1, 0.15) is 43.2 Å². The highest BCUT2D eigenvalue weighted by atomic mass is 16.3. The fraction of sp³-hybridized carbons (Fsp3) is 0.429. The second-order valence-corrected chi connectivity index (χ2v) is 7.29. The molecule has 0 saturated heterocycles. The molecule has 23 heavy (non-hydrogen) atoms. The molecule has 0 heterocycles. The zero-order valence-electron chi connectivity index (χ0n) is 13.4. The van der Waals surface area contributed by atoms with Gasteiger partial charge in [0.1, 0.15) is 0 Å². The SMILES string of the molecule is O[C@@]1(c2ccccc2)CC[C@@H]2C[C@@H]1CC[C@]2(O)c1ccccc1. The van der Waals surface area contributed by atoms with Gasteiger partial charge in [0.2, 0.25) is 0 Å². The molecule has 0 aliphatic heterocycles. The van der Waals surface area contributed by atoms with E-state index in [1.165, 1.54) is 0 Å². The third kappa shape index (κ3) is 2.32. The van der Waals surface area contributed by atoms with Crippen LogP contribution in [0.2, 0.25) is 0 Å². The Balaban J connectivity index is 1.62. The van der Waals surface area contributed by atoms with Crippen LogP contribution in [-0.4, -0.2) is 10.2 Å². The maximum absolute atomic E-state index is 11.3. The Morgan fingerprint density at radius 1 is 0.652 bits per heavy atom. The molecular formula is C21H24O2. The molecule has 0 radical (unpaired) electrons. The van der Waals surface area contributed by atoms with Crippen molar-refractivity contribution in [3.05, 3.63) is 71.8 Å². The van der Waals surface area contributed by atoms with E-state index < -0.39 is 11.2 Å². The van der Waals surface area contributed by atoms with Crippen LogP contribution in [0.15, 0.2) is 60.7 Å². The summed E-state index contributed by atoms with van der Waals surface area (Å²) < 4.78 is 0. The minimum atomic E-state index is -0.726. The summed E-state index contributed by atoms with van der Waals surface area (Å²) in [6.45, 7) is 0. The van der Waals surface area contributed by atoms with Gasteiger partial charge < -0.3 is 10.2 Å². The Morgan fingerprint density at radius 3 is 1.43 bits per heavy atom. The third-order valence-electron chi connectivity index (χ3n) is 6.22. The van der Waals surface area contributed by atoms with Crippen LogP contribution in [0.25, 0.3) is 0 Å². The highest BCUT2D eigenvalue weighted by molar-refractivity contribution is 5.28. The molecule has 2 aromatic rings. The highest BCUT2D eigenvalue weighted by Gasteiger charge is 2.53. The van der Waals surface area contributed by atoms with E-state index in [1.54, 1.807) is 0 Å². The maximum atomic E-state index is 11.3. The molecule has 2 fully saturated rings. The first-order chi connectivity index (χ1) is 11.1. The first kappa shape index (κ1) is 14.9. The van der Waals surface area contributed by atoms with Crippen molar-refractivity contribution in [2.45, 2.75) is 43.3 Å². The molecule has 120 valence electrons. The van der Waals surface area contributed by atoms with Gasteiger partial charge in [-0.05, 0) is 55.1 Å². The second-order valence-electron chi connectivity index (χ2n) is 7.29. The van der Waals surface area contributed by atoms with Gasteiger partial charge in [0.15, 0.2) is 0 Å². The molecule has 0 spiro atoms. The standard InChI is InChI=1S/C21H24O2/c22-20(16-7-3-1-4-8-16)13-11-19-15-18(20)12-14-21(19,23)17-9-5-2-6-10-17/h1-10,18-19,22-23H,11-15H2/t18-,19+,20+,21-. The van der Waals surface area contributed by atoms with Crippen LogP contribution >= 0.6 is 0 Å². The van der Waals surface area contributed by atoms with Crippen molar-refractivity contribution in [1.82, 2.24) is 0 Å². The van der Waals surface area contributed by atoms with E-state index in [2.05, 4.69) is 0 Å². The Bertz CT molecular complexity index is 609. The van der Waals surface area contributed by atoms with Gasteiger partial charge >= 0.3 is 0 Å². The van der Waals surface area contributed by atoms with Crippen LogP contribution < -0.4 is 0 Å². The van der Waals surface area contributed by atoms with E-state index in [1.807, 2.05) is 60.7 Å². The Hall–Kier alpha value is -1.64. The lowest BCUT2D eigenvalue weighted by atomic mass is 9.56. The number of fused-ring (bicyclic) bond motifs is 2. The van der Waals surface area contributed by atoms with Gasteiger partial charge in [0.05, 0.1) is 11.2 Å². The monoisotopic (exact) mass is 308 g/mol. The van der Waals surface area contributed by atoms with Crippen LogP contribution in [0.4, 0.5) is 0 Å². The maximum Gasteiger partial charge on any atom is 0.0924 e. The molecular weight excluding hydrogens is 284 g/mol. The van der Waals surface area contributed by atoms with Crippen LogP contribution in [0.3, 0.4) is 0 Å². The van der Waals surface area contributed by atoms with Crippen molar-refractivity contribution in [2.24, 2.45) is 11.8 Å². The minimum absolute atomic E-state index is 0.243. The number of aliphatic hydroxyl groups is 2. The predicted molar refractivity (Wildman–Crippen MR) is 90.7 cm³/mol. The summed E-state index contributed by atoms with van der Waals surface area (Å²) in [5.41, 5.74) is 0.619. The van der Waals surface area contributed by atoms with Crippen LogP contribution in [0.5, 0.6) is 0 Å². The van der Waals surface area contributed by atoms with Gasteiger partial charge in [0, 0.05) is 0 Å². The van der Waals surface area contributed by atoms with Crippen molar-refractivity contribution in [3.8, 4) is 0 Å². The van der Waals surface area contributed by atoms with Crippen LogP contribution in [0, 0.1) is 11.8 Å². The Morgan fingerprint density at radius 2 is 1.04 bits per heavy atom. The predicted octanol–water partition coefficient (Wildman–Crippen LogP) is 3.97. The molecule has 2 nitrogen and oxygen atoms in total. The van der Waals surface area contributed by atoms with Gasteiger partial charge in [0.25, 0.3) is 0 Å². The summed E-state index contributed by atoms with van der Waals surface area (Å²) in [5, 5.41) is 22.6. The van der Waals surface area contributed by atoms with Crippen molar-refractivity contribution in [1.29, 1.82) is 0 Å². The molecule has 0 aromatic heterocycles. The van der Waals surface area contributed by atoms with E-state index in [0.29, 0.717) is 0 Å². The Labute approximate surface area is 137 Å². The summed E-state index contributed by atoms with van der Waals surface area (Å²) in [5.74, 6) is 0.486. The van der Waals surface area contributed by atoms with Crippen molar-refractivity contribution >= 4 is 0 Å². The van der Waals surface area contributed by atoms with Gasteiger partial charge in [-0.3, -0.25) is 0 Å². The van der Waals surface area contributed by atoms with Crippen LogP contribution in [-0.2, 0) is 11.2 Å². The normalized spacial score (nSPS) is 36.6.